The van der Waals surface area contributed by atoms with Crippen molar-refractivity contribution in [2.45, 2.75) is 39.7 Å². The number of benzene rings is 2. The highest BCUT2D eigenvalue weighted by Crippen LogP contribution is 2.29. The van der Waals surface area contributed by atoms with Crippen LogP contribution < -0.4 is 20.5 Å². The van der Waals surface area contributed by atoms with Crippen molar-refractivity contribution >= 4 is 23.8 Å². The summed E-state index contributed by atoms with van der Waals surface area (Å²) in [5.41, 5.74) is 4.09. The third-order valence-corrected chi connectivity index (χ3v) is 4.58. The Bertz CT molecular complexity index is 1150. The molecule has 3 rings (SSSR count). The Balaban J connectivity index is 1.69. The first-order valence-corrected chi connectivity index (χ1v) is 10.5. The minimum absolute atomic E-state index is 0.158. The van der Waals surface area contributed by atoms with Crippen molar-refractivity contribution in [3.05, 3.63) is 74.7 Å². The lowest BCUT2D eigenvalue weighted by molar-refractivity contribution is 0.269. The predicted octanol–water partition coefficient (Wildman–Crippen LogP) is 4.54. The Morgan fingerprint density at radius 2 is 1.94 bits per heavy atom. The summed E-state index contributed by atoms with van der Waals surface area (Å²) in [6, 6.07) is 13.0. The number of ether oxygens (including phenoxy) is 2. The molecule has 0 bridgehead atoms. The smallest absolute Gasteiger partial charge is 0.274 e. The Labute approximate surface area is 191 Å². The summed E-state index contributed by atoms with van der Waals surface area (Å²) in [5, 5.41) is 12.8. The van der Waals surface area contributed by atoms with Crippen LogP contribution in [0.4, 0.5) is 5.95 Å². The second-order valence-corrected chi connectivity index (χ2v) is 8.47. The molecule has 8 nitrogen and oxygen atoms in total. The number of aromatic nitrogens is 3. The van der Waals surface area contributed by atoms with Gasteiger partial charge in [0.25, 0.3) is 5.56 Å². The predicted molar refractivity (Wildman–Crippen MR) is 126 cm³/mol. The van der Waals surface area contributed by atoms with Crippen molar-refractivity contribution in [3.8, 4) is 11.5 Å². The minimum Gasteiger partial charge on any atom is -0.490 e. The third kappa shape index (κ3) is 6.31. The average molecular weight is 456 g/mol. The standard InChI is InChI=1S/C23H26ClN5O3/c1-5-31-19-12-15(9-10-18(19)32-14-16-7-6-8-17(24)11-16)13-25-28-22-26-21(30)20(27-29-22)23(2,3)4/h6-13H,5,14H2,1-4H3,(H2,26,28,29,30)/b25-13+. The number of aromatic amines is 1. The lowest BCUT2D eigenvalue weighted by Gasteiger charge is -2.15. The molecule has 1 aromatic heterocycles. The maximum Gasteiger partial charge on any atom is 0.274 e. The average Bonchev–Trinajstić information content (AvgIpc) is 2.72. The molecule has 0 saturated carbocycles. The number of hydrogen-bond acceptors (Lipinski definition) is 7. The van der Waals surface area contributed by atoms with Crippen molar-refractivity contribution in [2.75, 3.05) is 12.0 Å². The van der Waals surface area contributed by atoms with Gasteiger partial charge in [-0.15, -0.1) is 10.2 Å². The molecule has 1 heterocycles. The second-order valence-electron chi connectivity index (χ2n) is 8.03. The van der Waals surface area contributed by atoms with Crippen LogP contribution in [0.25, 0.3) is 0 Å². The van der Waals surface area contributed by atoms with Gasteiger partial charge < -0.3 is 9.47 Å². The lowest BCUT2D eigenvalue weighted by atomic mass is 9.93. The van der Waals surface area contributed by atoms with Gasteiger partial charge in [-0.25, -0.2) is 5.43 Å². The van der Waals surface area contributed by atoms with Gasteiger partial charge in [0.1, 0.15) is 12.3 Å². The van der Waals surface area contributed by atoms with Crippen molar-refractivity contribution in [2.24, 2.45) is 5.10 Å². The first-order valence-electron chi connectivity index (χ1n) is 10.2. The van der Waals surface area contributed by atoms with E-state index >= 15 is 0 Å². The van der Waals surface area contributed by atoms with Gasteiger partial charge in [0.05, 0.1) is 12.8 Å². The zero-order chi connectivity index (χ0) is 23.1. The van der Waals surface area contributed by atoms with Gasteiger partial charge in [-0.1, -0.05) is 44.5 Å². The molecule has 0 spiro atoms. The maximum absolute atomic E-state index is 12.2. The highest BCUT2D eigenvalue weighted by molar-refractivity contribution is 6.30. The molecule has 168 valence electrons. The molecule has 0 aliphatic carbocycles. The van der Waals surface area contributed by atoms with Crippen LogP contribution in [-0.2, 0) is 12.0 Å². The zero-order valence-electron chi connectivity index (χ0n) is 18.5. The van der Waals surface area contributed by atoms with Gasteiger partial charge in [-0.05, 0) is 48.4 Å². The van der Waals surface area contributed by atoms with Crippen molar-refractivity contribution in [1.82, 2.24) is 15.2 Å². The molecule has 2 aromatic carbocycles. The highest BCUT2D eigenvalue weighted by atomic mass is 35.5. The van der Waals surface area contributed by atoms with Gasteiger partial charge >= 0.3 is 0 Å². The summed E-state index contributed by atoms with van der Waals surface area (Å²) >= 11 is 6.03. The highest BCUT2D eigenvalue weighted by Gasteiger charge is 2.20. The van der Waals surface area contributed by atoms with Gasteiger partial charge in [0.15, 0.2) is 11.5 Å². The van der Waals surface area contributed by atoms with Crippen LogP contribution in [0.2, 0.25) is 5.02 Å². The molecule has 0 radical (unpaired) electrons. The molecular weight excluding hydrogens is 430 g/mol. The minimum atomic E-state index is -0.394. The number of hydrazone groups is 1. The summed E-state index contributed by atoms with van der Waals surface area (Å²) in [7, 11) is 0. The van der Waals surface area contributed by atoms with Crippen LogP contribution in [0.3, 0.4) is 0 Å². The van der Waals surface area contributed by atoms with E-state index in [1.807, 2.05) is 70.2 Å². The molecule has 2 N–H and O–H groups in total. The van der Waals surface area contributed by atoms with E-state index in [0.29, 0.717) is 35.4 Å². The monoisotopic (exact) mass is 455 g/mol. The number of hydrogen-bond donors (Lipinski definition) is 2. The summed E-state index contributed by atoms with van der Waals surface area (Å²) in [5.74, 6) is 1.37. The molecular formula is C23H26ClN5O3. The topological polar surface area (TPSA) is 101 Å². The summed E-state index contributed by atoms with van der Waals surface area (Å²) in [6.07, 6.45) is 1.58. The van der Waals surface area contributed by atoms with Crippen molar-refractivity contribution in [3.63, 3.8) is 0 Å². The van der Waals surface area contributed by atoms with Crippen LogP contribution in [-0.4, -0.2) is 28.0 Å². The SMILES string of the molecule is CCOc1cc(/C=N/Nc2nnc(C(C)(C)C)c(=O)[nH]2)ccc1OCc1cccc(Cl)c1. The lowest BCUT2D eigenvalue weighted by Crippen LogP contribution is -2.28. The number of rotatable bonds is 8. The van der Waals surface area contributed by atoms with Crippen molar-refractivity contribution in [1.29, 1.82) is 0 Å². The van der Waals surface area contributed by atoms with E-state index in [1.54, 1.807) is 6.21 Å². The summed E-state index contributed by atoms with van der Waals surface area (Å²) in [6.45, 7) is 8.45. The number of H-pyrrole nitrogens is 1. The maximum atomic E-state index is 12.2. The van der Waals surface area contributed by atoms with Gasteiger partial charge in [-0.3, -0.25) is 9.78 Å². The van der Waals surface area contributed by atoms with Crippen molar-refractivity contribution < 1.29 is 9.47 Å². The number of halogens is 1. The van der Waals surface area contributed by atoms with E-state index in [2.05, 4.69) is 25.7 Å². The van der Waals surface area contributed by atoms with Gasteiger partial charge in [0, 0.05) is 10.4 Å². The normalized spacial score (nSPS) is 11.5. The summed E-state index contributed by atoms with van der Waals surface area (Å²) < 4.78 is 11.6. The molecule has 0 atom stereocenters. The fraction of sp³-hybridized carbons (Fsp3) is 0.304. The second kappa shape index (κ2) is 10.3. The van der Waals surface area contributed by atoms with Crippen LogP contribution in [0.15, 0.2) is 52.4 Å². The molecule has 3 aromatic rings. The van der Waals surface area contributed by atoms with Gasteiger partial charge in [-0.2, -0.15) is 5.10 Å². The Morgan fingerprint density at radius 1 is 1.12 bits per heavy atom. The fourth-order valence-corrected chi connectivity index (χ4v) is 3.04. The number of nitrogens with zero attached hydrogens (tertiary/aromatic N) is 3. The molecule has 0 aliphatic rings. The first-order chi connectivity index (χ1) is 15.3. The quantitative estimate of drug-likeness (QED) is 0.382. The molecule has 0 aliphatic heterocycles. The van der Waals surface area contributed by atoms with E-state index in [1.165, 1.54) is 0 Å². The van der Waals surface area contributed by atoms with E-state index in [4.69, 9.17) is 21.1 Å². The zero-order valence-corrected chi connectivity index (χ0v) is 19.2. The largest absolute Gasteiger partial charge is 0.490 e. The Kier molecular flexibility index (Phi) is 7.48. The van der Waals surface area contributed by atoms with E-state index in [-0.39, 0.29) is 11.5 Å². The van der Waals surface area contributed by atoms with Crippen LogP contribution >= 0.6 is 11.6 Å². The van der Waals surface area contributed by atoms with E-state index in [0.717, 1.165) is 11.1 Å². The Morgan fingerprint density at radius 3 is 2.62 bits per heavy atom. The van der Waals surface area contributed by atoms with Crippen LogP contribution in [0.1, 0.15) is 44.5 Å². The number of anilines is 1. The molecule has 0 unspecified atom stereocenters. The van der Waals surface area contributed by atoms with E-state index in [9.17, 15) is 4.79 Å². The van der Waals surface area contributed by atoms with Gasteiger partial charge in [0.2, 0.25) is 5.95 Å². The number of nitrogens with one attached hydrogen (secondary N) is 2. The fourth-order valence-electron chi connectivity index (χ4n) is 2.83. The van der Waals surface area contributed by atoms with Crippen LogP contribution in [0, 0.1) is 0 Å². The van der Waals surface area contributed by atoms with Crippen LogP contribution in [0.5, 0.6) is 11.5 Å². The summed E-state index contributed by atoms with van der Waals surface area (Å²) in [4.78, 5) is 14.8. The third-order valence-electron chi connectivity index (χ3n) is 4.34. The molecule has 0 amide bonds. The molecule has 0 fully saturated rings. The molecule has 32 heavy (non-hydrogen) atoms. The first kappa shape index (κ1) is 23.3. The Hall–Kier alpha value is -3.39. The molecule has 9 heteroatoms. The van der Waals surface area contributed by atoms with E-state index < -0.39 is 5.41 Å². The molecule has 0 saturated heterocycles.